The lowest BCUT2D eigenvalue weighted by atomic mass is 9.92. The third-order valence-corrected chi connectivity index (χ3v) is 7.29. The first kappa shape index (κ1) is 23.3. The summed E-state index contributed by atoms with van der Waals surface area (Å²) < 4.78 is 4.87. The molecule has 1 saturated heterocycles. The van der Waals surface area contributed by atoms with Crippen molar-refractivity contribution in [3.63, 3.8) is 0 Å². The molecule has 0 radical (unpaired) electrons. The Kier molecular flexibility index (Phi) is 6.75. The number of aliphatic hydroxyl groups excluding tert-OH is 1. The van der Waals surface area contributed by atoms with Gasteiger partial charge in [0.25, 0.3) is 5.91 Å². The maximum absolute atomic E-state index is 13.3. The fraction of sp³-hybridized carbons (Fsp3) is 0.481. The summed E-state index contributed by atoms with van der Waals surface area (Å²) in [7, 11) is 1.35. The average molecular weight is 451 g/mol. The standard InChI is InChI=1S/C27H34N2O4/c1-16-5-9-22(29-13-20(11-19-7-8-19)21(14-29)15-30)12-24(16)26(31)28-25-17(2)6-10-23(18(25)3)27(32)33-4/h5-6,9-10,12,19-21,30H,7-8,11,13-15H2,1-4H3,(H,28,31). The average Bonchev–Trinajstić information content (AvgIpc) is 3.53. The molecular formula is C27H34N2O4. The summed E-state index contributed by atoms with van der Waals surface area (Å²) in [6, 6.07) is 9.54. The van der Waals surface area contributed by atoms with Gasteiger partial charge in [0, 0.05) is 42.6 Å². The minimum atomic E-state index is -0.422. The largest absolute Gasteiger partial charge is 0.465 e. The lowest BCUT2D eigenvalue weighted by Gasteiger charge is -2.21. The van der Waals surface area contributed by atoms with Crippen LogP contribution in [-0.2, 0) is 4.74 Å². The zero-order valence-corrected chi connectivity index (χ0v) is 20.0. The lowest BCUT2D eigenvalue weighted by molar-refractivity contribution is 0.0599. The Morgan fingerprint density at radius 3 is 2.39 bits per heavy atom. The number of benzene rings is 2. The zero-order chi connectivity index (χ0) is 23.7. The SMILES string of the molecule is COC(=O)c1ccc(C)c(NC(=O)c2cc(N3CC(CO)C(CC4CC4)C3)ccc2C)c1C. The molecule has 0 aromatic heterocycles. The molecule has 6 heteroatoms. The van der Waals surface area contributed by atoms with Crippen LogP contribution in [-0.4, -0.2) is 43.8 Å². The summed E-state index contributed by atoms with van der Waals surface area (Å²) in [5, 5.41) is 12.9. The van der Waals surface area contributed by atoms with Crippen molar-refractivity contribution in [2.45, 2.75) is 40.0 Å². The predicted molar refractivity (Wildman–Crippen MR) is 130 cm³/mol. The van der Waals surface area contributed by atoms with Crippen LogP contribution in [0.2, 0.25) is 0 Å². The molecule has 2 aromatic rings. The molecule has 0 bridgehead atoms. The van der Waals surface area contributed by atoms with Gasteiger partial charge in [-0.1, -0.05) is 25.0 Å². The number of carbonyl (C=O) groups is 2. The monoisotopic (exact) mass is 450 g/mol. The number of aryl methyl sites for hydroxylation is 2. The number of nitrogens with one attached hydrogen (secondary N) is 1. The van der Waals surface area contributed by atoms with E-state index in [4.69, 9.17) is 4.74 Å². The maximum atomic E-state index is 13.3. The Morgan fingerprint density at radius 1 is 1.03 bits per heavy atom. The second-order valence-electron chi connectivity index (χ2n) is 9.66. The van der Waals surface area contributed by atoms with Gasteiger partial charge < -0.3 is 20.1 Å². The Balaban J connectivity index is 1.56. The number of aliphatic hydroxyl groups is 1. The Bertz CT molecular complexity index is 1060. The molecule has 4 rings (SSSR count). The Hall–Kier alpha value is -2.86. The van der Waals surface area contributed by atoms with Crippen LogP contribution in [0.25, 0.3) is 0 Å². The number of anilines is 2. The molecule has 2 N–H and O–H groups in total. The Morgan fingerprint density at radius 2 is 1.73 bits per heavy atom. The van der Waals surface area contributed by atoms with E-state index in [9.17, 15) is 14.7 Å². The summed E-state index contributed by atoms with van der Waals surface area (Å²) in [6.45, 7) is 7.61. The molecule has 1 saturated carbocycles. The molecule has 2 fully saturated rings. The van der Waals surface area contributed by atoms with E-state index < -0.39 is 5.97 Å². The van der Waals surface area contributed by atoms with Gasteiger partial charge in [-0.05, 0) is 73.9 Å². The van der Waals surface area contributed by atoms with Gasteiger partial charge in [-0.15, -0.1) is 0 Å². The highest BCUT2D eigenvalue weighted by molar-refractivity contribution is 6.07. The molecule has 33 heavy (non-hydrogen) atoms. The third-order valence-electron chi connectivity index (χ3n) is 7.29. The van der Waals surface area contributed by atoms with Gasteiger partial charge in [-0.25, -0.2) is 4.79 Å². The smallest absolute Gasteiger partial charge is 0.338 e. The predicted octanol–water partition coefficient (Wildman–Crippen LogP) is 4.50. The molecule has 1 aliphatic carbocycles. The summed E-state index contributed by atoms with van der Waals surface area (Å²) in [4.78, 5) is 27.7. The molecule has 2 unspecified atom stereocenters. The Labute approximate surface area is 195 Å². The van der Waals surface area contributed by atoms with Crippen molar-refractivity contribution in [3.8, 4) is 0 Å². The number of ether oxygens (including phenoxy) is 1. The number of carbonyl (C=O) groups excluding carboxylic acids is 2. The number of amides is 1. The van der Waals surface area contributed by atoms with Crippen LogP contribution < -0.4 is 10.2 Å². The fourth-order valence-corrected chi connectivity index (χ4v) is 5.01. The molecule has 2 aromatic carbocycles. The minimum absolute atomic E-state index is 0.199. The van der Waals surface area contributed by atoms with Gasteiger partial charge in [0.05, 0.1) is 12.7 Å². The number of hydrogen-bond donors (Lipinski definition) is 2. The third kappa shape index (κ3) is 4.91. The summed E-state index contributed by atoms with van der Waals surface area (Å²) in [6.07, 6.45) is 3.83. The van der Waals surface area contributed by atoms with E-state index in [1.54, 1.807) is 6.07 Å². The van der Waals surface area contributed by atoms with Crippen LogP contribution in [0.5, 0.6) is 0 Å². The normalized spacial score (nSPS) is 20.1. The first-order valence-corrected chi connectivity index (χ1v) is 11.8. The second kappa shape index (κ2) is 9.56. The maximum Gasteiger partial charge on any atom is 0.338 e. The topological polar surface area (TPSA) is 78.9 Å². The van der Waals surface area contributed by atoms with Crippen LogP contribution in [0.1, 0.15) is 56.7 Å². The van der Waals surface area contributed by atoms with E-state index in [0.29, 0.717) is 28.3 Å². The van der Waals surface area contributed by atoms with Crippen LogP contribution in [0.3, 0.4) is 0 Å². The van der Waals surface area contributed by atoms with Crippen molar-refractivity contribution in [2.24, 2.45) is 17.8 Å². The number of rotatable bonds is 7. The molecule has 2 atom stereocenters. The summed E-state index contributed by atoms with van der Waals surface area (Å²) in [5.74, 6) is 1.00. The minimum Gasteiger partial charge on any atom is -0.465 e. The van der Waals surface area contributed by atoms with E-state index in [1.165, 1.54) is 26.4 Å². The molecule has 1 heterocycles. The molecular weight excluding hydrogens is 416 g/mol. The van der Waals surface area contributed by atoms with Gasteiger partial charge in [-0.3, -0.25) is 4.79 Å². The highest BCUT2D eigenvalue weighted by atomic mass is 16.5. The van der Waals surface area contributed by atoms with E-state index >= 15 is 0 Å². The molecule has 2 aliphatic rings. The van der Waals surface area contributed by atoms with Crippen LogP contribution in [0, 0.1) is 38.5 Å². The second-order valence-corrected chi connectivity index (χ2v) is 9.66. The molecule has 1 amide bonds. The van der Waals surface area contributed by atoms with Crippen molar-refractivity contribution in [1.82, 2.24) is 0 Å². The van der Waals surface area contributed by atoms with Crippen LogP contribution in [0.15, 0.2) is 30.3 Å². The highest BCUT2D eigenvalue weighted by Crippen LogP contribution is 2.41. The van der Waals surface area contributed by atoms with Crippen molar-refractivity contribution in [1.29, 1.82) is 0 Å². The van der Waals surface area contributed by atoms with E-state index in [2.05, 4.69) is 16.3 Å². The molecule has 0 spiro atoms. The molecule has 1 aliphatic heterocycles. The summed E-state index contributed by atoms with van der Waals surface area (Å²) >= 11 is 0. The summed E-state index contributed by atoms with van der Waals surface area (Å²) in [5.41, 5.74) is 5.17. The van der Waals surface area contributed by atoms with Crippen LogP contribution in [0.4, 0.5) is 11.4 Å². The number of methoxy groups -OCH3 is 1. The van der Waals surface area contributed by atoms with Gasteiger partial charge in [0.15, 0.2) is 0 Å². The van der Waals surface area contributed by atoms with Crippen molar-refractivity contribution in [3.05, 3.63) is 58.1 Å². The molecule has 6 nitrogen and oxygen atoms in total. The first-order valence-electron chi connectivity index (χ1n) is 11.8. The van der Waals surface area contributed by atoms with Gasteiger partial charge in [-0.2, -0.15) is 0 Å². The number of esters is 1. The quantitative estimate of drug-likeness (QED) is 0.608. The van der Waals surface area contributed by atoms with Crippen molar-refractivity contribution < 1.29 is 19.4 Å². The molecule has 176 valence electrons. The van der Waals surface area contributed by atoms with Crippen molar-refractivity contribution >= 4 is 23.3 Å². The van der Waals surface area contributed by atoms with Gasteiger partial charge in [0.1, 0.15) is 0 Å². The van der Waals surface area contributed by atoms with E-state index in [-0.39, 0.29) is 18.4 Å². The number of hydrogen-bond acceptors (Lipinski definition) is 5. The lowest BCUT2D eigenvalue weighted by Crippen LogP contribution is -2.22. The van der Waals surface area contributed by atoms with E-state index in [0.717, 1.165) is 35.8 Å². The van der Waals surface area contributed by atoms with Crippen molar-refractivity contribution in [2.75, 3.05) is 37.0 Å². The number of nitrogens with zero attached hydrogens (tertiary/aromatic N) is 1. The van der Waals surface area contributed by atoms with Crippen LogP contribution >= 0.6 is 0 Å². The van der Waals surface area contributed by atoms with E-state index in [1.807, 2.05) is 39.0 Å². The first-order chi connectivity index (χ1) is 15.8. The van der Waals surface area contributed by atoms with Gasteiger partial charge in [0.2, 0.25) is 0 Å². The highest BCUT2D eigenvalue weighted by Gasteiger charge is 2.36. The fourth-order valence-electron chi connectivity index (χ4n) is 5.01. The van der Waals surface area contributed by atoms with Gasteiger partial charge >= 0.3 is 5.97 Å². The zero-order valence-electron chi connectivity index (χ0n) is 20.0.